The average Bonchev–Trinajstić information content (AvgIpc) is 2.51. The molecule has 0 heterocycles. The fourth-order valence-corrected chi connectivity index (χ4v) is 2.67. The summed E-state index contributed by atoms with van der Waals surface area (Å²) in [5, 5.41) is 22.3. The first-order chi connectivity index (χ1) is 10.5. The topological polar surface area (TPSA) is 85.4 Å². The van der Waals surface area contributed by atoms with Crippen LogP contribution in [0.5, 0.6) is 0 Å². The van der Waals surface area contributed by atoms with Gasteiger partial charge in [-0.3, -0.25) is 10.1 Å². The van der Waals surface area contributed by atoms with Gasteiger partial charge in [0.2, 0.25) is 5.91 Å². The Hall–Kier alpha value is -0.690. The van der Waals surface area contributed by atoms with Gasteiger partial charge in [0.05, 0.1) is 6.04 Å². The predicted molar refractivity (Wildman–Crippen MR) is 91.7 cm³/mol. The molecule has 132 valence electrons. The van der Waals surface area contributed by atoms with E-state index >= 15 is 0 Å². The lowest BCUT2D eigenvalue weighted by Gasteiger charge is -2.28. The van der Waals surface area contributed by atoms with Crippen LogP contribution in [-0.4, -0.2) is 57.0 Å². The Morgan fingerprint density at radius 1 is 1.18 bits per heavy atom. The fourth-order valence-electron chi connectivity index (χ4n) is 2.67. The number of aliphatic hydroxyl groups is 1. The summed E-state index contributed by atoms with van der Waals surface area (Å²) in [6, 6.07) is -0.408. The molecule has 0 aromatic heterocycles. The molecule has 0 aliphatic carbocycles. The van der Waals surface area contributed by atoms with E-state index in [2.05, 4.69) is 35.1 Å². The maximum atomic E-state index is 12.1. The van der Waals surface area contributed by atoms with Crippen molar-refractivity contribution in [1.29, 1.82) is 0 Å². The summed E-state index contributed by atoms with van der Waals surface area (Å²) < 4.78 is 0. The summed E-state index contributed by atoms with van der Waals surface area (Å²) >= 11 is 0. The number of amides is 1. The summed E-state index contributed by atoms with van der Waals surface area (Å²) in [6.45, 7) is 5.22. The SMILES string of the molecule is CCCC(NC)C(O)NC(CC(C)CCCNC)C(=O)NC. The third-order valence-electron chi connectivity index (χ3n) is 4.05. The molecule has 22 heavy (non-hydrogen) atoms. The van der Waals surface area contributed by atoms with Crippen molar-refractivity contribution in [2.45, 2.75) is 64.3 Å². The Kier molecular flexibility index (Phi) is 12.4. The summed E-state index contributed by atoms with van der Waals surface area (Å²) in [7, 11) is 5.42. The molecule has 0 aromatic carbocycles. The summed E-state index contributed by atoms with van der Waals surface area (Å²) in [5.74, 6) is 0.362. The van der Waals surface area contributed by atoms with Gasteiger partial charge in [0.15, 0.2) is 0 Å². The van der Waals surface area contributed by atoms with Crippen LogP contribution in [0.15, 0.2) is 0 Å². The van der Waals surface area contributed by atoms with E-state index in [1.165, 1.54) is 0 Å². The molecule has 0 aliphatic heterocycles. The molecule has 0 radical (unpaired) electrons. The van der Waals surface area contributed by atoms with Crippen LogP contribution in [0.25, 0.3) is 0 Å². The molecule has 0 saturated heterocycles. The van der Waals surface area contributed by atoms with Crippen LogP contribution in [-0.2, 0) is 4.79 Å². The summed E-state index contributed by atoms with van der Waals surface area (Å²) in [4.78, 5) is 12.1. The second-order valence-corrected chi connectivity index (χ2v) is 6.05. The van der Waals surface area contributed by atoms with Crippen LogP contribution in [0.4, 0.5) is 0 Å². The zero-order chi connectivity index (χ0) is 17.0. The van der Waals surface area contributed by atoms with Crippen LogP contribution in [0.1, 0.15) is 46.0 Å². The molecule has 6 nitrogen and oxygen atoms in total. The van der Waals surface area contributed by atoms with Gasteiger partial charge in [-0.15, -0.1) is 0 Å². The quantitative estimate of drug-likeness (QED) is 0.251. The molecule has 0 rings (SSSR count). The Bertz CT molecular complexity index is 289. The zero-order valence-electron chi connectivity index (χ0n) is 14.9. The Morgan fingerprint density at radius 3 is 2.36 bits per heavy atom. The second-order valence-electron chi connectivity index (χ2n) is 6.05. The average molecular weight is 316 g/mol. The normalized spacial score (nSPS) is 16.8. The van der Waals surface area contributed by atoms with Crippen LogP contribution >= 0.6 is 0 Å². The monoisotopic (exact) mass is 316 g/mol. The molecule has 5 N–H and O–H groups in total. The van der Waals surface area contributed by atoms with Crippen molar-refractivity contribution in [1.82, 2.24) is 21.3 Å². The van der Waals surface area contributed by atoms with Crippen molar-refractivity contribution >= 4 is 5.91 Å². The van der Waals surface area contributed by atoms with Gasteiger partial charge in [0, 0.05) is 13.1 Å². The molecule has 0 aliphatic rings. The standard InChI is InChI=1S/C16H36N4O2/c1-6-8-13(18-4)16(22)20-14(15(21)19-5)11-12(2)9-7-10-17-3/h12-14,16-18,20,22H,6-11H2,1-5H3,(H,19,21). The highest BCUT2D eigenvalue weighted by molar-refractivity contribution is 5.81. The van der Waals surface area contributed by atoms with E-state index in [1.807, 2.05) is 14.1 Å². The molecule has 1 amide bonds. The Labute approximate surface area is 135 Å². The van der Waals surface area contributed by atoms with Gasteiger partial charge >= 0.3 is 0 Å². The molecule has 4 atom stereocenters. The molecule has 0 saturated carbocycles. The fraction of sp³-hybridized carbons (Fsp3) is 0.938. The molecule has 0 fully saturated rings. The Morgan fingerprint density at radius 2 is 1.86 bits per heavy atom. The van der Waals surface area contributed by atoms with Crippen LogP contribution in [0, 0.1) is 5.92 Å². The third kappa shape index (κ3) is 8.68. The van der Waals surface area contributed by atoms with E-state index in [-0.39, 0.29) is 18.0 Å². The Balaban J connectivity index is 4.53. The minimum Gasteiger partial charge on any atom is -0.377 e. The molecule has 0 spiro atoms. The smallest absolute Gasteiger partial charge is 0.236 e. The van der Waals surface area contributed by atoms with E-state index in [0.717, 1.165) is 38.6 Å². The highest BCUT2D eigenvalue weighted by atomic mass is 16.3. The van der Waals surface area contributed by atoms with E-state index < -0.39 is 6.23 Å². The maximum absolute atomic E-state index is 12.1. The third-order valence-corrected chi connectivity index (χ3v) is 4.05. The number of carbonyl (C=O) groups is 1. The molecule has 0 bridgehead atoms. The van der Waals surface area contributed by atoms with Crippen molar-refractivity contribution in [3.05, 3.63) is 0 Å². The molecular weight excluding hydrogens is 280 g/mol. The first-order valence-electron chi connectivity index (χ1n) is 8.47. The van der Waals surface area contributed by atoms with Gasteiger partial charge in [-0.25, -0.2) is 0 Å². The zero-order valence-corrected chi connectivity index (χ0v) is 14.9. The number of hydrogen-bond donors (Lipinski definition) is 5. The van der Waals surface area contributed by atoms with E-state index in [9.17, 15) is 9.90 Å². The highest BCUT2D eigenvalue weighted by Gasteiger charge is 2.25. The first kappa shape index (κ1) is 21.3. The van der Waals surface area contributed by atoms with E-state index in [1.54, 1.807) is 7.05 Å². The van der Waals surface area contributed by atoms with Gasteiger partial charge in [0.25, 0.3) is 0 Å². The van der Waals surface area contributed by atoms with Crippen molar-refractivity contribution in [3.8, 4) is 0 Å². The van der Waals surface area contributed by atoms with Crippen LogP contribution in [0.2, 0.25) is 0 Å². The van der Waals surface area contributed by atoms with E-state index in [4.69, 9.17) is 0 Å². The lowest BCUT2D eigenvalue weighted by atomic mass is 9.96. The van der Waals surface area contributed by atoms with Gasteiger partial charge in [0.1, 0.15) is 6.23 Å². The number of nitrogens with one attached hydrogen (secondary N) is 4. The lowest BCUT2D eigenvalue weighted by Crippen LogP contribution is -2.54. The number of likely N-dealkylation sites (N-methyl/N-ethyl adjacent to an activating group) is 2. The van der Waals surface area contributed by atoms with Gasteiger partial charge < -0.3 is 21.1 Å². The summed E-state index contributed by atoms with van der Waals surface area (Å²) in [5.41, 5.74) is 0. The molecule has 6 heteroatoms. The van der Waals surface area contributed by atoms with Gasteiger partial charge in [-0.1, -0.05) is 20.3 Å². The van der Waals surface area contributed by atoms with Crippen molar-refractivity contribution in [3.63, 3.8) is 0 Å². The number of hydrogen-bond acceptors (Lipinski definition) is 5. The molecule has 4 unspecified atom stereocenters. The van der Waals surface area contributed by atoms with Crippen molar-refractivity contribution in [2.75, 3.05) is 27.7 Å². The lowest BCUT2D eigenvalue weighted by molar-refractivity contribution is -0.124. The predicted octanol–water partition coefficient (Wildman–Crippen LogP) is 0.423. The number of aliphatic hydroxyl groups excluding tert-OH is 1. The van der Waals surface area contributed by atoms with Crippen LogP contribution in [0.3, 0.4) is 0 Å². The van der Waals surface area contributed by atoms with Crippen molar-refractivity contribution in [2.24, 2.45) is 5.92 Å². The maximum Gasteiger partial charge on any atom is 0.236 e. The van der Waals surface area contributed by atoms with Gasteiger partial charge in [-0.2, -0.15) is 0 Å². The second kappa shape index (κ2) is 12.8. The largest absolute Gasteiger partial charge is 0.377 e. The first-order valence-corrected chi connectivity index (χ1v) is 8.47. The minimum atomic E-state index is -0.725. The molecular formula is C16H36N4O2. The summed E-state index contributed by atoms with van der Waals surface area (Å²) in [6.07, 6.45) is 4.00. The van der Waals surface area contributed by atoms with Crippen LogP contribution < -0.4 is 21.3 Å². The minimum absolute atomic E-state index is 0.0447. The molecule has 0 aromatic rings. The van der Waals surface area contributed by atoms with Crippen molar-refractivity contribution < 1.29 is 9.90 Å². The number of rotatable bonds is 13. The number of carbonyl (C=O) groups excluding carboxylic acids is 1. The van der Waals surface area contributed by atoms with Gasteiger partial charge in [-0.05, 0) is 52.2 Å². The highest BCUT2D eigenvalue weighted by Crippen LogP contribution is 2.14. The van der Waals surface area contributed by atoms with E-state index in [0.29, 0.717) is 5.92 Å².